The molecular formula is C18H22N4O2. The van der Waals surface area contributed by atoms with Crippen molar-refractivity contribution in [1.29, 1.82) is 0 Å². The van der Waals surface area contributed by atoms with Crippen LogP contribution >= 0.6 is 0 Å². The molecule has 1 amide bonds. The highest BCUT2D eigenvalue weighted by molar-refractivity contribution is 5.96. The van der Waals surface area contributed by atoms with E-state index in [-0.39, 0.29) is 17.4 Å². The van der Waals surface area contributed by atoms with Crippen molar-refractivity contribution in [3.8, 4) is 0 Å². The van der Waals surface area contributed by atoms with E-state index in [9.17, 15) is 4.79 Å². The first-order valence-electron chi connectivity index (χ1n) is 8.46. The highest BCUT2D eigenvalue weighted by Gasteiger charge is 2.42. The number of benzene rings is 1. The Morgan fingerprint density at radius 1 is 1.38 bits per heavy atom. The Morgan fingerprint density at radius 2 is 2.17 bits per heavy atom. The lowest BCUT2D eigenvalue weighted by molar-refractivity contribution is -0.0267. The molecule has 1 aliphatic carbocycles. The molecule has 126 valence electrons. The van der Waals surface area contributed by atoms with Gasteiger partial charge >= 0.3 is 0 Å². The van der Waals surface area contributed by atoms with Crippen LogP contribution in [0.1, 0.15) is 53.4 Å². The number of aromatic nitrogens is 3. The summed E-state index contributed by atoms with van der Waals surface area (Å²) >= 11 is 0. The Morgan fingerprint density at radius 3 is 2.88 bits per heavy atom. The van der Waals surface area contributed by atoms with Gasteiger partial charge in [-0.05, 0) is 36.8 Å². The minimum absolute atomic E-state index is 0.0827. The molecule has 0 spiro atoms. The summed E-state index contributed by atoms with van der Waals surface area (Å²) in [5.41, 5.74) is 2.16. The largest absolute Gasteiger partial charge is 0.366 e. The van der Waals surface area contributed by atoms with E-state index < -0.39 is 0 Å². The number of ether oxygens (including phenoxy) is 1. The minimum Gasteiger partial charge on any atom is -0.366 e. The molecule has 6 heteroatoms. The number of aryl methyl sites for hydroxylation is 1. The first-order valence-corrected chi connectivity index (χ1v) is 8.46. The molecule has 2 fully saturated rings. The molecule has 2 aromatic rings. The SMILES string of the molecule is Cc1nc(C2CN(C(=O)c3ccccc3C3(C)CC3)CCO2)n[nH]1. The summed E-state index contributed by atoms with van der Waals surface area (Å²) in [6, 6.07) is 8.01. The normalized spacial score (nSPS) is 22.4. The lowest BCUT2D eigenvalue weighted by Gasteiger charge is -2.32. The fourth-order valence-electron chi connectivity index (χ4n) is 3.32. The molecule has 1 N–H and O–H groups in total. The van der Waals surface area contributed by atoms with Crippen LogP contribution in [0.5, 0.6) is 0 Å². The summed E-state index contributed by atoms with van der Waals surface area (Å²) in [7, 11) is 0. The predicted octanol–water partition coefficient (Wildman–Crippen LogP) is 2.38. The molecule has 1 aliphatic heterocycles. The summed E-state index contributed by atoms with van der Waals surface area (Å²) in [5.74, 6) is 1.45. The standard InChI is InChI=1S/C18H22N4O2/c1-12-19-16(21-20-12)15-11-22(9-10-24-15)17(23)13-5-3-4-6-14(13)18(2)7-8-18/h3-6,15H,7-11H2,1-2H3,(H,19,20,21). The third kappa shape index (κ3) is 2.71. The van der Waals surface area contributed by atoms with Gasteiger partial charge in [0.2, 0.25) is 0 Å². The van der Waals surface area contributed by atoms with Crippen LogP contribution in [-0.4, -0.2) is 45.7 Å². The summed E-state index contributed by atoms with van der Waals surface area (Å²) < 4.78 is 5.76. The Labute approximate surface area is 141 Å². The average molecular weight is 326 g/mol. The summed E-state index contributed by atoms with van der Waals surface area (Å²) in [6.45, 7) is 5.68. The maximum absolute atomic E-state index is 13.1. The molecule has 1 aromatic carbocycles. The number of nitrogens with zero attached hydrogens (tertiary/aromatic N) is 3. The molecule has 1 unspecified atom stereocenters. The van der Waals surface area contributed by atoms with Crippen LogP contribution in [0.4, 0.5) is 0 Å². The summed E-state index contributed by atoms with van der Waals surface area (Å²) in [6.07, 6.45) is 2.04. The fourth-order valence-corrected chi connectivity index (χ4v) is 3.32. The van der Waals surface area contributed by atoms with Gasteiger partial charge in [0.1, 0.15) is 11.9 Å². The zero-order chi connectivity index (χ0) is 16.7. The van der Waals surface area contributed by atoms with E-state index in [0.717, 1.165) is 24.2 Å². The van der Waals surface area contributed by atoms with E-state index in [1.807, 2.05) is 30.0 Å². The van der Waals surface area contributed by atoms with Crippen molar-refractivity contribution in [1.82, 2.24) is 20.1 Å². The van der Waals surface area contributed by atoms with E-state index in [4.69, 9.17) is 4.74 Å². The van der Waals surface area contributed by atoms with Gasteiger partial charge in [0.15, 0.2) is 5.82 Å². The molecule has 0 radical (unpaired) electrons. The molecule has 1 atom stereocenters. The molecule has 6 nitrogen and oxygen atoms in total. The van der Waals surface area contributed by atoms with Crippen LogP contribution in [0.25, 0.3) is 0 Å². The fraction of sp³-hybridized carbons (Fsp3) is 0.500. The molecular weight excluding hydrogens is 304 g/mol. The third-order valence-corrected chi connectivity index (χ3v) is 5.06. The number of carbonyl (C=O) groups is 1. The van der Waals surface area contributed by atoms with Crippen LogP contribution in [0, 0.1) is 6.92 Å². The highest BCUT2D eigenvalue weighted by atomic mass is 16.5. The van der Waals surface area contributed by atoms with Gasteiger partial charge in [-0.3, -0.25) is 9.89 Å². The zero-order valence-electron chi connectivity index (χ0n) is 14.1. The van der Waals surface area contributed by atoms with Crippen LogP contribution < -0.4 is 0 Å². The monoisotopic (exact) mass is 326 g/mol. The number of hydrogen-bond donors (Lipinski definition) is 1. The predicted molar refractivity (Wildman–Crippen MR) is 88.7 cm³/mol. The quantitative estimate of drug-likeness (QED) is 0.940. The number of amides is 1. The number of carbonyl (C=O) groups excluding carboxylic acids is 1. The first-order chi connectivity index (χ1) is 11.6. The topological polar surface area (TPSA) is 71.1 Å². The molecule has 1 saturated carbocycles. The Bertz CT molecular complexity index is 766. The molecule has 4 rings (SSSR count). The molecule has 2 aliphatic rings. The lowest BCUT2D eigenvalue weighted by atomic mass is 9.92. The summed E-state index contributed by atoms with van der Waals surface area (Å²) in [4.78, 5) is 19.3. The van der Waals surface area contributed by atoms with E-state index >= 15 is 0 Å². The van der Waals surface area contributed by atoms with E-state index in [2.05, 4.69) is 28.2 Å². The van der Waals surface area contributed by atoms with Crippen LogP contribution in [0.3, 0.4) is 0 Å². The van der Waals surface area contributed by atoms with Crippen LogP contribution in [0.2, 0.25) is 0 Å². The second kappa shape index (κ2) is 5.70. The highest BCUT2D eigenvalue weighted by Crippen LogP contribution is 2.48. The smallest absolute Gasteiger partial charge is 0.254 e. The second-order valence-corrected chi connectivity index (χ2v) is 7.00. The number of H-pyrrole nitrogens is 1. The third-order valence-electron chi connectivity index (χ3n) is 5.06. The van der Waals surface area contributed by atoms with Crippen molar-refractivity contribution in [2.45, 2.75) is 38.2 Å². The molecule has 24 heavy (non-hydrogen) atoms. The van der Waals surface area contributed by atoms with Gasteiger partial charge in [-0.2, -0.15) is 5.10 Å². The maximum atomic E-state index is 13.1. The molecule has 2 heterocycles. The summed E-state index contributed by atoms with van der Waals surface area (Å²) in [5, 5.41) is 7.01. The first kappa shape index (κ1) is 15.3. The zero-order valence-corrected chi connectivity index (χ0v) is 14.1. The van der Waals surface area contributed by atoms with Gasteiger partial charge in [0.25, 0.3) is 5.91 Å². The minimum atomic E-state index is -0.267. The van der Waals surface area contributed by atoms with Gasteiger partial charge in [0, 0.05) is 12.1 Å². The maximum Gasteiger partial charge on any atom is 0.254 e. The van der Waals surface area contributed by atoms with Gasteiger partial charge in [-0.15, -0.1) is 0 Å². The van der Waals surface area contributed by atoms with Gasteiger partial charge < -0.3 is 9.64 Å². The van der Waals surface area contributed by atoms with E-state index in [0.29, 0.717) is 25.5 Å². The van der Waals surface area contributed by atoms with Crippen molar-refractivity contribution in [2.24, 2.45) is 0 Å². The van der Waals surface area contributed by atoms with Crippen molar-refractivity contribution in [3.05, 3.63) is 47.0 Å². The number of nitrogens with one attached hydrogen (secondary N) is 1. The van der Waals surface area contributed by atoms with Crippen molar-refractivity contribution in [3.63, 3.8) is 0 Å². The van der Waals surface area contributed by atoms with E-state index in [1.165, 1.54) is 5.56 Å². The Balaban J connectivity index is 1.56. The second-order valence-electron chi connectivity index (χ2n) is 7.00. The van der Waals surface area contributed by atoms with Crippen LogP contribution in [0.15, 0.2) is 24.3 Å². The number of aromatic amines is 1. The Kier molecular flexibility index (Phi) is 3.64. The molecule has 0 bridgehead atoms. The number of hydrogen-bond acceptors (Lipinski definition) is 4. The van der Waals surface area contributed by atoms with Crippen molar-refractivity contribution in [2.75, 3.05) is 19.7 Å². The Hall–Kier alpha value is -2.21. The molecule has 1 saturated heterocycles. The van der Waals surface area contributed by atoms with Gasteiger partial charge in [-0.1, -0.05) is 25.1 Å². The van der Waals surface area contributed by atoms with Crippen molar-refractivity contribution >= 4 is 5.91 Å². The van der Waals surface area contributed by atoms with Crippen molar-refractivity contribution < 1.29 is 9.53 Å². The van der Waals surface area contributed by atoms with Gasteiger partial charge in [-0.25, -0.2) is 4.98 Å². The van der Waals surface area contributed by atoms with Crippen LogP contribution in [-0.2, 0) is 10.2 Å². The lowest BCUT2D eigenvalue weighted by Crippen LogP contribution is -2.43. The van der Waals surface area contributed by atoms with E-state index in [1.54, 1.807) is 0 Å². The average Bonchev–Trinajstić information content (AvgIpc) is 3.21. The number of morpholine rings is 1. The molecule has 1 aromatic heterocycles. The number of rotatable bonds is 3. The van der Waals surface area contributed by atoms with Gasteiger partial charge in [0.05, 0.1) is 13.2 Å².